The highest BCUT2D eigenvalue weighted by molar-refractivity contribution is 7.91. The first-order valence-corrected chi connectivity index (χ1v) is 9.47. The summed E-state index contributed by atoms with van der Waals surface area (Å²) in [7, 11) is -3.08. The monoisotopic (exact) mass is 355 g/mol. The molecule has 0 bridgehead atoms. The summed E-state index contributed by atoms with van der Waals surface area (Å²) in [6.45, 7) is 3.51. The van der Waals surface area contributed by atoms with Gasteiger partial charge < -0.3 is 14.8 Å². The lowest BCUT2D eigenvalue weighted by Gasteiger charge is -2.23. The molecule has 132 valence electrons. The first kappa shape index (κ1) is 18.3. The summed E-state index contributed by atoms with van der Waals surface area (Å²) in [5, 5.41) is 2.71. The number of carbonyl (C=O) groups is 2. The Morgan fingerprint density at radius 3 is 2.46 bits per heavy atom. The van der Waals surface area contributed by atoms with Gasteiger partial charge in [-0.2, -0.15) is 0 Å². The Morgan fingerprint density at radius 1 is 1.25 bits per heavy atom. The fourth-order valence-corrected chi connectivity index (χ4v) is 4.63. The van der Waals surface area contributed by atoms with Gasteiger partial charge in [0.25, 0.3) is 5.91 Å². The minimum absolute atomic E-state index is 0.0556. The van der Waals surface area contributed by atoms with Crippen molar-refractivity contribution in [3.8, 4) is 5.75 Å². The van der Waals surface area contributed by atoms with E-state index >= 15 is 0 Å². The van der Waals surface area contributed by atoms with Crippen molar-refractivity contribution < 1.29 is 27.5 Å². The van der Waals surface area contributed by atoms with E-state index in [1.165, 1.54) is 0 Å². The van der Waals surface area contributed by atoms with Gasteiger partial charge in [-0.05, 0) is 44.5 Å². The molecular weight excluding hydrogens is 334 g/mol. The molecule has 1 heterocycles. The molecule has 1 aromatic rings. The maximum absolute atomic E-state index is 11.9. The fraction of sp³-hybridized carbons (Fsp3) is 0.500. The van der Waals surface area contributed by atoms with Gasteiger partial charge in [0, 0.05) is 0 Å². The van der Waals surface area contributed by atoms with Crippen LogP contribution >= 0.6 is 0 Å². The Morgan fingerprint density at radius 2 is 1.92 bits per heavy atom. The van der Waals surface area contributed by atoms with E-state index in [4.69, 9.17) is 9.47 Å². The minimum Gasteiger partial charge on any atom is -0.484 e. The summed E-state index contributed by atoms with van der Waals surface area (Å²) in [5.74, 6) is -0.344. The lowest BCUT2D eigenvalue weighted by atomic mass is 10.0. The van der Waals surface area contributed by atoms with E-state index in [2.05, 4.69) is 5.32 Å². The van der Waals surface area contributed by atoms with Gasteiger partial charge in [-0.1, -0.05) is 0 Å². The molecule has 7 nitrogen and oxygen atoms in total. The summed E-state index contributed by atoms with van der Waals surface area (Å²) >= 11 is 0. The molecule has 0 saturated carbocycles. The van der Waals surface area contributed by atoms with Crippen LogP contribution in [-0.4, -0.2) is 50.6 Å². The molecule has 0 aromatic heterocycles. The number of sulfone groups is 1. The summed E-state index contributed by atoms with van der Waals surface area (Å²) in [6.07, 6.45) is 0.398. The van der Waals surface area contributed by atoms with Crippen LogP contribution in [0, 0.1) is 0 Å². The summed E-state index contributed by atoms with van der Waals surface area (Å²) in [5.41, 5.74) is -0.343. The van der Waals surface area contributed by atoms with Crippen LogP contribution in [0.5, 0.6) is 5.75 Å². The maximum Gasteiger partial charge on any atom is 0.338 e. The highest BCUT2D eigenvalue weighted by Gasteiger charge is 2.39. The van der Waals surface area contributed by atoms with Crippen LogP contribution in [0.2, 0.25) is 0 Å². The molecule has 1 fully saturated rings. The van der Waals surface area contributed by atoms with Crippen molar-refractivity contribution in [3.63, 3.8) is 0 Å². The van der Waals surface area contributed by atoms with Gasteiger partial charge >= 0.3 is 5.97 Å². The topological polar surface area (TPSA) is 98.8 Å². The van der Waals surface area contributed by atoms with Gasteiger partial charge in [-0.15, -0.1) is 0 Å². The van der Waals surface area contributed by atoms with Crippen molar-refractivity contribution in [2.24, 2.45) is 0 Å². The molecule has 1 aromatic carbocycles. The zero-order chi connectivity index (χ0) is 17.8. The Hall–Kier alpha value is -2.09. The standard InChI is InChI=1S/C16H21NO6S/c1-3-22-15(19)12-4-6-13(7-5-12)23-10-14(18)17-16(2)8-9-24(20,21)11-16/h4-7H,3,8-11H2,1-2H3,(H,17,18). The van der Waals surface area contributed by atoms with Gasteiger partial charge in [0.15, 0.2) is 16.4 Å². The first-order valence-electron chi connectivity index (χ1n) is 7.64. The highest BCUT2D eigenvalue weighted by Crippen LogP contribution is 2.22. The SMILES string of the molecule is CCOC(=O)c1ccc(OCC(=O)NC2(C)CCS(=O)(=O)C2)cc1. The molecule has 0 radical (unpaired) electrons. The highest BCUT2D eigenvalue weighted by atomic mass is 32.2. The van der Waals surface area contributed by atoms with Crippen molar-refractivity contribution >= 4 is 21.7 Å². The van der Waals surface area contributed by atoms with Gasteiger partial charge in [-0.25, -0.2) is 13.2 Å². The second kappa shape index (κ2) is 7.21. The zero-order valence-corrected chi connectivity index (χ0v) is 14.5. The molecule has 0 spiro atoms. The van der Waals surface area contributed by atoms with Gasteiger partial charge in [-0.3, -0.25) is 4.79 Å². The lowest BCUT2D eigenvalue weighted by Crippen LogP contribution is -2.48. The van der Waals surface area contributed by atoms with Crippen molar-refractivity contribution in [2.75, 3.05) is 24.7 Å². The predicted molar refractivity (Wildman–Crippen MR) is 87.7 cm³/mol. The number of nitrogens with one attached hydrogen (secondary N) is 1. The average Bonchev–Trinajstić information content (AvgIpc) is 2.79. The van der Waals surface area contributed by atoms with Gasteiger partial charge in [0.2, 0.25) is 0 Å². The van der Waals surface area contributed by atoms with Crippen molar-refractivity contribution in [1.82, 2.24) is 5.32 Å². The number of carbonyl (C=O) groups excluding carboxylic acids is 2. The van der Waals surface area contributed by atoms with Crippen LogP contribution in [-0.2, 0) is 19.4 Å². The maximum atomic E-state index is 11.9. The molecule has 1 atom stereocenters. The second-order valence-electron chi connectivity index (χ2n) is 5.98. The first-order chi connectivity index (χ1) is 11.2. The van der Waals surface area contributed by atoms with E-state index in [-0.39, 0.29) is 24.0 Å². The van der Waals surface area contributed by atoms with E-state index in [1.54, 1.807) is 38.1 Å². The largest absolute Gasteiger partial charge is 0.484 e. The van der Waals surface area contributed by atoms with Crippen LogP contribution in [0.4, 0.5) is 0 Å². The zero-order valence-electron chi connectivity index (χ0n) is 13.7. The second-order valence-corrected chi connectivity index (χ2v) is 8.17. The Bertz CT molecular complexity index is 713. The molecule has 1 N–H and O–H groups in total. The number of benzene rings is 1. The molecular formula is C16H21NO6S. The van der Waals surface area contributed by atoms with E-state index in [1.807, 2.05) is 0 Å². The molecule has 8 heteroatoms. The van der Waals surface area contributed by atoms with Crippen LogP contribution in [0.25, 0.3) is 0 Å². The van der Waals surface area contributed by atoms with Crippen molar-refractivity contribution in [3.05, 3.63) is 29.8 Å². The van der Waals surface area contributed by atoms with Crippen LogP contribution in [0.1, 0.15) is 30.6 Å². The molecule has 2 rings (SSSR count). The number of amides is 1. The van der Waals surface area contributed by atoms with Gasteiger partial charge in [0.05, 0.1) is 29.2 Å². The van der Waals surface area contributed by atoms with E-state index in [0.29, 0.717) is 24.3 Å². The van der Waals surface area contributed by atoms with Gasteiger partial charge in [0.1, 0.15) is 5.75 Å². The minimum atomic E-state index is -3.08. The normalized spacial score (nSPS) is 21.9. The Kier molecular flexibility index (Phi) is 5.48. The fourth-order valence-electron chi connectivity index (χ4n) is 2.53. The number of ether oxygens (including phenoxy) is 2. The lowest BCUT2D eigenvalue weighted by molar-refractivity contribution is -0.124. The third-order valence-corrected chi connectivity index (χ3v) is 5.58. The van der Waals surface area contributed by atoms with E-state index in [0.717, 1.165) is 0 Å². The number of hydrogen-bond acceptors (Lipinski definition) is 6. The Balaban J connectivity index is 1.85. The number of esters is 1. The number of hydrogen-bond donors (Lipinski definition) is 1. The summed E-state index contributed by atoms with van der Waals surface area (Å²) < 4.78 is 33.3. The van der Waals surface area contributed by atoms with Crippen molar-refractivity contribution in [2.45, 2.75) is 25.8 Å². The molecule has 1 unspecified atom stereocenters. The third-order valence-electron chi connectivity index (χ3n) is 3.68. The van der Waals surface area contributed by atoms with Crippen molar-refractivity contribution in [1.29, 1.82) is 0 Å². The molecule has 1 saturated heterocycles. The smallest absolute Gasteiger partial charge is 0.338 e. The van der Waals surface area contributed by atoms with Crippen LogP contribution in [0.3, 0.4) is 0 Å². The molecule has 1 amide bonds. The molecule has 1 aliphatic heterocycles. The molecule has 24 heavy (non-hydrogen) atoms. The average molecular weight is 355 g/mol. The quantitative estimate of drug-likeness (QED) is 0.763. The predicted octanol–water partition coefficient (Wildman–Crippen LogP) is 0.936. The molecule has 1 aliphatic rings. The van der Waals surface area contributed by atoms with E-state index < -0.39 is 21.3 Å². The summed E-state index contributed by atoms with van der Waals surface area (Å²) in [6, 6.07) is 6.24. The van der Waals surface area contributed by atoms with Crippen LogP contribution in [0.15, 0.2) is 24.3 Å². The third kappa shape index (κ3) is 4.95. The van der Waals surface area contributed by atoms with E-state index in [9.17, 15) is 18.0 Å². The molecule has 0 aliphatic carbocycles. The number of rotatable bonds is 6. The summed E-state index contributed by atoms with van der Waals surface area (Å²) in [4.78, 5) is 23.5. The van der Waals surface area contributed by atoms with Crippen LogP contribution < -0.4 is 10.1 Å². The Labute approximate surface area is 141 Å².